The summed E-state index contributed by atoms with van der Waals surface area (Å²) in [6.07, 6.45) is -10.3. The Kier molecular flexibility index (Phi) is 3.52. The molecule has 96 valence electrons. The Morgan fingerprint density at radius 3 is 1.88 bits per heavy atom. The highest BCUT2D eigenvalue weighted by molar-refractivity contribution is 6.32. The second kappa shape index (κ2) is 4.29. The van der Waals surface area contributed by atoms with Gasteiger partial charge in [0.05, 0.1) is 17.7 Å². The quantitative estimate of drug-likeness (QED) is 0.693. The molecule has 0 aliphatic carbocycles. The summed E-state index contributed by atoms with van der Waals surface area (Å²) >= 11 is 5.37. The minimum Gasteiger partial charge on any atom is -0.495 e. The third kappa shape index (κ3) is 2.77. The molecule has 1 aromatic carbocycles. The smallest absolute Gasteiger partial charge is 0.420 e. The van der Waals surface area contributed by atoms with Crippen LogP contribution in [0.15, 0.2) is 12.1 Å². The van der Waals surface area contributed by atoms with Crippen LogP contribution in [0.1, 0.15) is 11.1 Å². The summed E-state index contributed by atoms with van der Waals surface area (Å²) in [5.74, 6) is -1.03. The Labute approximate surface area is 96.9 Å². The van der Waals surface area contributed by atoms with Gasteiger partial charge in [-0.15, -0.1) is 0 Å². The minimum atomic E-state index is -5.21. The fraction of sp³-hybridized carbons (Fsp3) is 0.333. The number of ether oxygens (including phenoxy) is 1. The van der Waals surface area contributed by atoms with Crippen LogP contribution in [0.25, 0.3) is 0 Å². The molecular weight excluding hydrogens is 274 g/mol. The Bertz CT molecular complexity index is 423. The molecule has 0 aliphatic rings. The van der Waals surface area contributed by atoms with Crippen LogP contribution in [0, 0.1) is 0 Å². The molecule has 0 spiro atoms. The molecule has 8 heteroatoms. The molecule has 0 unspecified atom stereocenters. The van der Waals surface area contributed by atoms with E-state index in [0.29, 0.717) is 6.07 Å². The fourth-order valence-corrected chi connectivity index (χ4v) is 1.51. The number of alkyl halides is 6. The van der Waals surface area contributed by atoms with Crippen LogP contribution in [0.2, 0.25) is 5.02 Å². The number of rotatable bonds is 1. The summed E-state index contributed by atoms with van der Waals surface area (Å²) in [5.41, 5.74) is -3.74. The van der Waals surface area contributed by atoms with Crippen molar-refractivity contribution in [3.05, 3.63) is 28.3 Å². The molecule has 1 rings (SSSR count). The predicted octanol–water partition coefficient (Wildman–Crippen LogP) is 4.39. The Balaban J connectivity index is 3.64. The van der Waals surface area contributed by atoms with Crippen molar-refractivity contribution in [3.8, 4) is 5.75 Å². The van der Waals surface area contributed by atoms with E-state index in [1.807, 2.05) is 0 Å². The maximum atomic E-state index is 12.6. The molecule has 0 bridgehead atoms. The standard InChI is InChI=1S/C9H5ClF6O/c1-17-7-5(10)3-2-4(8(11,12)13)6(7)9(14,15)16/h2-3H,1H3. The van der Waals surface area contributed by atoms with Gasteiger partial charge in [0.15, 0.2) is 0 Å². The van der Waals surface area contributed by atoms with E-state index in [9.17, 15) is 26.3 Å². The molecule has 0 saturated carbocycles. The number of methoxy groups -OCH3 is 1. The average Bonchev–Trinajstić information content (AvgIpc) is 2.13. The first kappa shape index (κ1) is 14.0. The van der Waals surface area contributed by atoms with Crippen molar-refractivity contribution in [1.82, 2.24) is 0 Å². The normalized spacial score (nSPS) is 12.7. The summed E-state index contributed by atoms with van der Waals surface area (Å²) in [7, 11) is 0.816. The predicted molar refractivity (Wildman–Crippen MR) is 48.0 cm³/mol. The Morgan fingerprint density at radius 2 is 1.53 bits per heavy atom. The summed E-state index contributed by atoms with van der Waals surface area (Å²) in [4.78, 5) is 0. The molecule has 0 saturated heterocycles. The monoisotopic (exact) mass is 278 g/mol. The van der Waals surface area contributed by atoms with E-state index in [2.05, 4.69) is 4.74 Å². The van der Waals surface area contributed by atoms with Crippen LogP contribution in [0.3, 0.4) is 0 Å². The number of halogens is 7. The molecule has 0 amide bonds. The van der Waals surface area contributed by atoms with Crippen molar-refractivity contribution in [2.24, 2.45) is 0 Å². The van der Waals surface area contributed by atoms with Gasteiger partial charge in [-0.25, -0.2) is 0 Å². The molecule has 0 aromatic heterocycles. The third-order valence-electron chi connectivity index (χ3n) is 1.90. The highest BCUT2D eigenvalue weighted by atomic mass is 35.5. The lowest BCUT2D eigenvalue weighted by Crippen LogP contribution is -2.17. The molecule has 17 heavy (non-hydrogen) atoms. The van der Waals surface area contributed by atoms with Gasteiger partial charge in [0.25, 0.3) is 0 Å². The van der Waals surface area contributed by atoms with Crippen molar-refractivity contribution >= 4 is 11.6 Å². The molecule has 0 aliphatic heterocycles. The van der Waals surface area contributed by atoms with Crippen molar-refractivity contribution in [3.63, 3.8) is 0 Å². The molecule has 1 aromatic rings. The largest absolute Gasteiger partial charge is 0.495 e. The van der Waals surface area contributed by atoms with Gasteiger partial charge < -0.3 is 4.74 Å². The molecule has 0 heterocycles. The topological polar surface area (TPSA) is 9.23 Å². The fourth-order valence-electron chi connectivity index (χ4n) is 1.27. The Morgan fingerprint density at radius 1 is 1.00 bits per heavy atom. The second-order valence-corrected chi connectivity index (χ2v) is 3.41. The first-order chi connectivity index (χ1) is 7.59. The first-order valence-electron chi connectivity index (χ1n) is 4.10. The maximum absolute atomic E-state index is 12.6. The van der Waals surface area contributed by atoms with Crippen molar-refractivity contribution in [1.29, 1.82) is 0 Å². The lowest BCUT2D eigenvalue weighted by molar-refractivity contribution is -0.162. The van der Waals surface area contributed by atoms with E-state index in [-0.39, 0.29) is 6.07 Å². The summed E-state index contributed by atoms with van der Waals surface area (Å²) in [6, 6.07) is 0.978. The van der Waals surface area contributed by atoms with E-state index in [1.54, 1.807) is 0 Å². The number of hydrogen-bond acceptors (Lipinski definition) is 1. The molecule has 1 nitrogen and oxygen atoms in total. The number of hydrogen-bond donors (Lipinski definition) is 0. The molecule has 0 atom stereocenters. The zero-order valence-electron chi connectivity index (χ0n) is 8.21. The van der Waals surface area contributed by atoms with Crippen LogP contribution < -0.4 is 4.74 Å². The van der Waals surface area contributed by atoms with Crippen LogP contribution in [0.4, 0.5) is 26.3 Å². The minimum absolute atomic E-state index is 0.272. The van der Waals surface area contributed by atoms with Crippen LogP contribution >= 0.6 is 11.6 Å². The highest BCUT2D eigenvalue weighted by Crippen LogP contribution is 2.47. The van der Waals surface area contributed by atoms with Crippen LogP contribution in [-0.2, 0) is 12.4 Å². The van der Waals surface area contributed by atoms with Gasteiger partial charge in [-0.3, -0.25) is 0 Å². The SMILES string of the molecule is COc1c(Cl)ccc(C(F)(F)F)c1C(F)(F)F. The third-order valence-corrected chi connectivity index (χ3v) is 2.20. The Hall–Kier alpha value is -1.11. The summed E-state index contributed by atoms with van der Waals surface area (Å²) in [5, 5.41) is -0.534. The van der Waals surface area contributed by atoms with Gasteiger partial charge in [0.2, 0.25) is 0 Å². The van der Waals surface area contributed by atoms with Gasteiger partial charge in [-0.1, -0.05) is 11.6 Å². The molecule has 0 fully saturated rings. The van der Waals surface area contributed by atoms with E-state index >= 15 is 0 Å². The zero-order chi connectivity index (χ0) is 13.4. The maximum Gasteiger partial charge on any atom is 0.420 e. The molecular formula is C9H5ClF6O. The van der Waals surface area contributed by atoms with Crippen LogP contribution in [0.5, 0.6) is 5.75 Å². The summed E-state index contributed by atoms with van der Waals surface area (Å²) in [6.45, 7) is 0. The van der Waals surface area contributed by atoms with E-state index < -0.39 is 34.3 Å². The second-order valence-electron chi connectivity index (χ2n) is 3.00. The van der Waals surface area contributed by atoms with Gasteiger partial charge in [-0.05, 0) is 12.1 Å². The number of benzene rings is 1. The van der Waals surface area contributed by atoms with Crippen molar-refractivity contribution < 1.29 is 31.1 Å². The zero-order valence-corrected chi connectivity index (χ0v) is 8.96. The van der Waals surface area contributed by atoms with E-state index in [4.69, 9.17) is 11.6 Å². The van der Waals surface area contributed by atoms with E-state index in [1.165, 1.54) is 0 Å². The van der Waals surface area contributed by atoms with Crippen molar-refractivity contribution in [2.75, 3.05) is 7.11 Å². The van der Waals surface area contributed by atoms with Gasteiger partial charge in [0, 0.05) is 0 Å². The average molecular weight is 279 g/mol. The van der Waals surface area contributed by atoms with Gasteiger partial charge in [-0.2, -0.15) is 26.3 Å². The molecule has 0 N–H and O–H groups in total. The lowest BCUT2D eigenvalue weighted by atomic mass is 10.1. The van der Waals surface area contributed by atoms with Crippen molar-refractivity contribution in [2.45, 2.75) is 12.4 Å². The van der Waals surface area contributed by atoms with Crippen LogP contribution in [-0.4, -0.2) is 7.11 Å². The van der Waals surface area contributed by atoms with Gasteiger partial charge in [0.1, 0.15) is 11.3 Å². The highest BCUT2D eigenvalue weighted by Gasteiger charge is 2.46. The first-order valence-corrected chi connectivity index (χ1v) is 4.47. The summed E-state index contributed by atoms with van der Waals surface area (Å²) < 4.78 is 79.3. The van der Waals surface area contributed by atoms with Gasteiger partial charge >= 0.3 is 12.4 Å². The molecule has 0 radical (unpaired) electrons. The van der Waals surface area contributed by atoms with E-state index in [0.717, 1.165) is 7.11 Å². The lowest BCUT2D eigenvalue weighted by Gasteiger charge is -2.19.